The smallest absolute Gasteiger partial charge is 0.161 e. The molecule has 3 heterocycles. The van der Waals surface area contributed by atoms with Gasteiger partial charge in [0.2, 0.25) is 0 Å². The van der Waals surface area contributed by atoms with E-state index in [4.69, 9.17) is 9.47 Å². The summed E-state index contributed by atoms with van der Waals surface area (Å²) in [6.45, 7) is 5.13. The third-order valence-corrected chi connectivity index (χ3v) is 3.95. The number of para-hydroxylation sites is 2. The van der Waals surface area contributed by atoms with Gasteiger partial charge in [0, 0.05) is 6.20 Å². The molecule has 0 saturated heterocycles. The first-order valence-corrected chi connectivity index (χ1v) is 7.91. The van der Waals surface area contributed by atoms with Crippen LogP contribution in [0.4, 0.5) is 0 Å². The van der Waals surface area contributed by atoms with Crippen LogP contribution >= 0.6 is 0 Å². The van der Waals surface area contributed by atoms with E-state index in [0.29, 0.717) is 13.2 Å². The summed E-state index contributed by atoms with van der Waals surface area (Å²) in [7, 11) is 0. The molecule has 0 bridgehead atoms. The Bertz CT molecular complexity index is 875. The highest BCUT2D eigenvalue weighted by molar-refractivity contribution is 5.57. The number of fused-ring (bicyclic) bond motifs is 1. The summed E-state index contributed by atoms with van der Waals surface area (Å²) in [4.78, 5) is 4.47. The molecule has 0 fully saturated rings. The standard InChI is InChI=1S/C18H18N4O2/c1-12-7-13(2)18(19-8-12)15-10-22(21-20-15)9-14-11-23-16-5-3-4-6-17(16)24-14/h3-8,10,14H,9,11H2,1-2H3. The van der Waals surface area contributed by atoms with Gasteiger partial charge in [-0.2, -0.15) is 0 Å². The number of aromatic nitrogens is 4. The average molecular weight is 322 g/mol. The molecule has 24 heavy (non-hydrogen) atoms. The Balaban J connectivity index is 1.50. The zero-order valence-corrected chi connectivity index (χ0v) is 13.6. The molecule has 0 saturated carbocycles. The zero-order chi connectivity index (χ0) is 16.5. The molecule has 0 N–H and O–H groups in total. The lowest BCUT2D eigenvalue weighted by atomic mass is 10.1. The maximum absolute atomic E-state index is 5.96. The Labute approximate surface area is 140 Å². The molecule has 1 aromatic carbocycles. The minimum Gasteiger partial charge on any atom is -0.486 e. The lowest BCUT2D eigenvalue weighted by Gasteiger charge is -2.26. The van der Waals surface area contributed by atoms with Gasteiger partial charge in [0.25, 0.3) is 0 Å². The van der Waals surface area contributed by atoms with Gasteiger partial charge in [-0.1, -0.05) is 23.4 Å². The van der Waals surface area contributed by atoms with Crippen molar-refractivity contribution in [2.24, 2.45) is 0 Å². The fourth-order valence-corrected chi connectivity index (χ4v) is 2.84. The van der Waals surface area contributed by atoms with Crippen LogP contribution in [0.25, 0.3) is 11.4 Å². The summed E-state index contributed by atoms with van der Waals surface area (Å²) < 4.78 is 13.5. The zero-order valence-electron chi connectivity index (χ0n) is 13.6. The van der Waals surface area contributed by atoms with Gasteiger partial charge in [-0.15, -0.1) is 5.10 Å². The van der Waals surface area contributed by atoms with Crippen molar-refractivity contribution in [1.82, 2.24) is 20.0 Å². The number of benzene rings is 1. The fourth-order valence-electron chi connectivity index (χ4n) is 2.84. The summed E-state index contributed by atoms with van der Waals surface area (Å²) in [6, 6.07) is 9.78. The summed E-state index contributed by atoms with van der Waals surface area (Å²) in [5.41, 5.74) is 3.85. The maximum atomic E-state index is 5.96. The minimum absolute atomic E-state index is 0.0958. The minimum atomic E-state index is -0.0958. The summed E-state index contributed by atoms with van der Waals surface area (Å²) >= 11 is 0. The average Bonchev–Trinajstić information content (AvgIpc) is 3.03. The molecule has 6 nitrogen and oxygen atoms in total. The fraction of sp³-hybridized carbons (Fsp3) is 0.278. The first-order chi connectivity index (χ1) is 11.7. The normalized spacial score (nSPS) is 16.2. The molecule has 0 aliphatic carbocycles. The monoisotopic (exact) mass is 322 g/mol. The third-order valence-electron chi connectivity index (χ3n) is 3.95. The number of aryl methyl sites for hydroxylation is 2. The summed E-state index contributed by atoms with van der Waals surface area (Å²) in [5, 5.41) is 8.44. The van der Waals surface area contributed by atoms with Crippen molar-refractivity contribution in [3.8, 4) is 22.9 Å². The van der Waals surface area contributed by atoms with Crippen molar-refractivity contribution in [3.05, 3.63) is 53.9 Å². The van der Waals surface area contributed by atoms with Gasteiger partial charge >= 0.3 is 0 Å². The van der Waals surface area contributed by atoms with E-state index in [1.807, 2.05) is 50.5 Å². The SMILES string of the molecule is Cc1cnc(-c2cn(CC3COc4ccccc4O3)nn2)c(C)c1. The van der Waals surface area contributed by atoms with Gasteiger partial charge < -0.3 is 9.47 Å². The molecule has 1 atom stereocenters. The van der Waals surface area contributed by atoms with Crippen molar-refractivity contribution in [2.45, 2.75) is 26.5 Å². The second-order valence-electron chi connectivity index (χ2n) is 6.00. The van der Waals surface area contributed by atoms with E-state index >= 15 is 0 Å². The quantitative estimate of drug-likeness (QED) is 0.742. The van der Waals surface area contributed by atoms with Gasteiger partial charge in [0.05, 0.1) is 18.4 Å². The van der Waals surface area contributed by atoms with Crippen LogP contribution in [0.15, 0.2) is 42.7 Å². The molecule has 4 rings (SSSR count). The van der Waals surface area contributed by atoms with Gasteiger partial charge in [-0.05, 0) is 37.1 Å². The van der Waals surface area contributed by atoms with E-state index in [0.717, 1.165) is 34.0 Å². The van der Waals surface area contributed by atoms with Crippen LogP contribution in [0.2, 0.25) is 0 Å². The van der Waals surface area contributed by atoms with E-state index in [1.54, 1.807) is 4.68 Å². The van der Waals surface area contributed by atoms with E-state index in [2.05, 4.69) is 21.4 Å². The van der Waals surface area contributed by atoms with Crippen LogP contribution in [0.1, 0.15) is 11.1 Å². The number of ether oxygens (including phenoxy) is 2. The number of rotatable bonds is 3. The van der Waals surface area contributed by atoms with Crippen LogP contribution in [-0.2, 0) is 6.54 Å². The largest absolute Gasteiger partial charge is 0.486 e. The van der Waals surface area contributed by atoms with Crippen molar-refractivity contribution in [2.75, 3.05) is 6.61 Å². The highest BCUT2D eigenvalue weighted by Gasteiger charge is 2.21. The highest BCUT2D eigenvalue weighted by Crippen LogP contribution is 2.31. The molecule has 3 aromatic rings. The van der Waals surface area contributed by atoms with E-state index in [1.165, 1.54) is 0 Å². The van der Waals surface area contributed by atoms with Gasteiger partial charge in [0.1, 0.15) is 12.3 Å². The lowest BCUT2D eigenvalue weighted by molar-refractivity contribution is 0.0755. The topological polar surface area (TPSA) is 62.1 Å². The van der Waals surface area contributed by atoms with E-state index in [9.17, 15) is 0 Å². The van der Waals surface area contributed by atoms with E-state index < -0.39 is 0 Å². The second kappa shape index (κ2) is 5.96. The van der Waals surface area contributed by atoms with Gasteiger partial charge in [-0.25, -0.2) is 4.68 Å². The van der Waals surface area contributed by atoms with E-state index in [-0.39, 0.29) is 6.10 Å². The van der Waals surface area contributed by atoms with Crippen molar-refractivity contribution >= 4 is 0 Å². The molecule has 1 aliphatic rings. The first-order valence-electron chi connectivity index (χ1n) is 7.91. The Kier molecular flexibility index (Phi) is 3.65. The van der Waals surface area contributed by atoms with Crippen molar-refractivity contribution in [3.63, 3.8) is 0 Å². The Morgan fingerprint density at radius 1 is 1.21 bits per heavy atom. The predicted molar refractivity (Wildman–Crippen MR) is 89.1 cm³/mol. The predicted octanol–water partition coefficient (Wildman–Crippen LogP) is 2.80. The van der Waals surface area contributed by atoms with Crippen molar-refractivity contribution in [1.29, 1.82) is 0 Å². The molecule has 0 radical (unpaired) electrons. The third kappa shape index (κ3) is 2.82. The molecular formula is C18H18N4O2. The molecule has 122 valence electrons. The van der Waals surface area contributed by atoms with Crippen LogP contribution < -0.4 is 9.47 Å². The summed E-state index contributed by atoms with van der Waals surface area (Å²) in [6.07, 6.45) is 3.65. The lowest BCUT2D eigenvalue weighted by Crippen LogP contribution is -2.33. The number of hydrogen-bond donors (Lipinski definition) is 0. The molecule has 1 unspecified atom stereocenters. The number of nitrogens with zero attached hydrogens (tertiary/aromatic N) is 4. The van der Waals surface area contributed by atoms with Crippen LogP contribution in [0.3, 0.4) is 0 Å². The Morgan fingerprint density at radius 3 is 2.88 bits per heavy atom. The molecule has 6 heteroatoms. The second-order valence-corrected chi connectivity index (χ2v) is 6.00. The Hall–Kier alpha value is -2.89. The summed E-state index contributed by atoms with van der Waals surface area (Å²) in [5.74, 6) is 1.55. The first kappa shape index (κ1) is 14.7. The van der Waals surface area contributed by atoms with Gasteiger partial charge in [-0.3, -0.25) is 4.98 Å². The molecular weight excluding hydrogens is 304 g/mol. The van der Waals surface area contributed by atoms with Crippen LogP contribution in [0.5, 0.6) is 11.5 Å². The van der Waals surface area contributed by atoms with Crippen LogP contribution in [-0.4, -0.2) is 32.7 Å². The highest BCUT2D eigenvalue weighted by atomic mass is 16.6. The van der Waals surface area contributed by atoms with Gasteiger partial charge in [0.15, 0.2) is 17.6 Å². The molecule has 2 aromatic heterocycles. The van der Waals surface area contributed by atoms with Crippen molar-refractivity contribution < 1.29 is 9.47 Å². The molecule has 0 amide bonds. The molecule has 0 spiro atoms. The maximum Gasteiger partial charge on any atom is 0.161 e. The molecule has 1 aliphatic heterocycles. The number of hydrogen-bond acceptors (Lipinski definition) is 5. The van der Waals surface area contributed by atoms with Crippen LogP contribution in [0, 0.1) is 13.8 Å². The number of pyridine rings is 1. The Morgan fingerprint density at radius 2 is 2.04 bits per heavy atom.